The maximum atomic E-state index is 13.9. The molecule has 1 aliphatic heterocycles. The van der Waals surface area contributed by atoms with E-state index in [2.05, 4.69) is 54.5 Å². The zero-order chi connectivity index (χ0) is 26.0. The van der Waals surface area contributed by atoms with Gasteiger partial charge in [0, 0.05) is 22.8 Å². The number of allylic oxidation sites excluding steroid dienone is 2. The minimum atomic E-state index is -0.353. The molecule has 0 amide bonds. The van der Waals surface area contributed by atoms with Crippen molar-refractivity contribution in [3.63, 3.8) is 0 Å². The van der Waals surface area contributed by atoms with Crippen molar-refractivity contribution in [1.29, 1.82) is 0 Å². The molecule has 0 radical (unpaired) electrons. The molecule has 1 aromatic rings. The molecule has 4 heteroatoms. The predicted octanol–water partition coefficient (Wildman–Crippen LogP) is 8.11. The van der Waals surface area contributed by atoms with Crippen LogP contribution < -0.4 is 4.74 Å². The van der Waals surface area contributed by atoms with Crippen LogP contribution in [0.4, 0.5) is 0 Å². The van der Waals surface area contributed by atoms with E-state index in [0.717, 1.165) is 68.2 Å². The number of phenols is 1. The van der Waals surface area contributed by atoms with E-state index in [-0.39, 0.29) is 46.1 Å². The molecule has 5 rings (SSSR count). The van der Waals surface area contributed by atoms with Gasteiger partial charge in [0.2, 0.25) is 0 Å². The van der Waals surface area contributed by atoms with Crippen LogP contribution in [0, 0.1) is 22.7 Å². The quantitative estimate of drug-likeness (QED) is 0.246. The summed E-state index contributed by atoms with van der Waals surface area (Å²) in [5.41, 5.74) is 3.19. The summed E-state index contributed by atoms with van der Waals surface area (Å²) in [7, 11) is 0. The van der Waals surface area contributed by atoms with Crippen LogP contribution in [0.2, 0.25) is 0 Å². The predicted molar refractivity (Wildman–Crippen MR) is 144 cm³/mol. The number of carbonyl (C=O) groups excluding carboxylic acids is 1. The molecular weight excluding hydrogens is 448 g/mol. The van der Waals surface area contributed by atoms with Crippen LogP contribution in [-0.4, -0.2) is 22.8 Å². The van der Waals surface area contributed by atoms with Crippen LogP contribution in [0.15, 0.2) is 17.7 Å². The average molecular weight is 495 g/mol. The van der Waals surface area contributed by atoms with Crippen molar-refractivity contribution in [2.75, 3.05) is 0 Å². The summed E-state index contributed by atoms with van der Waals surface area (Å²) >= 11 is 0. The summed E-state index contributed by atoms with van der Waals surface area (Å²) in [6.07, 6.45) is 11.4. The number of hydrogen-bond acceptors (Lipinski definition) is 4. The third kappa shape index (κ3) is 3.80. The van der Waals surface area contributed by atoms with Crippen molar-refractivity contribution in [3.8, 4) is 11.5 Å². The number of aryl methyl sites for hydroxylation is 1. The SMILES string of the molecule is CCCCCc1cc2c(c(O)c1C(=O)OC1CC3CCC1(C)C3(C)C)C1C=C(C)CCC1C(C)(C)O2. The van der Waals surface area contributed by atoms with E-state index in [9.17, 15) is 9.90 Å². The summed E-state index contributed by atoms with van der Waals surface area (Å²) in [4.78, 5) is 13.9. The number of unbranched alkanes of at least 4 members (excludes halogenated alkanes) is 2. The molecule has 1 heterocycles. The standard InChI is InChI=1S/C32H46O4/c1-8-9-10-11-20-17-24-27(22-16-19(2)12-13-23(22)31(5,6)36-24)28(33)26(20)29(34)35-25-18-21-14-15-32(25,7)30(21,3)4/h16-17,21-23,25,33H,8-15,18H2,1-7H3. The molecule has 2 fully saturated rings. The number of esters is 1. The molecule has 2 bridgehead atoms. The molecule has 5 atom stereocenters. The van der Waals surface area contributed by atoms with E-state index in [1.54, 1.807) is 0 Å². The Morgan fingerprint density at radius 3 is 2.56 bits per heavy atom. The molecule has 0 saturated heterocycles. The van der Waals surface area contributed by atoms with Crippen molar-refractivity contribution in [2.45, 2.75) is 124 Å². The highest BCUT2D eigenvalue weighted by atomic mass is 16.5. The lowest BCUT2D eigenvalue weighted by Crippen LogP contribution is -2.45. The van der Waals surface area contributed by atoms with E-state index in [1.165, 1.54) is 12.0 Å². The van der Waals surface area contributed by atoms with Gasteiger partial charge in [0.1, 0.15) is 28.8 Å². The number of aromatic hydroxyl groups is 1. The highest BCUT2D eigenvalue weighted by molar-refractivity contribution is 5.95. The molecule has 0 aromatic heterocycles. The van der Waals surface area contributed by atoms with Gasteiger partial charge in [-0.25, -0.2) is 4.79 Å². The number of rotatable bonds is 6. The number of hydrogen-bond donors (Lipinski definition) is 1. The third-order valence-electron chi connectivity index (χ3n) is 10.9. The van der Waals surface area contributed by atoms with Gasteiger partial charge in [0.05, 0.1) is 0 Å². The smallest absolute Gasteiger partial charge is 0.342 e. The Morgan fingerprint density at radius 1 is 1.17 bits per heavy atom. The Kier molecular flexibility index (Phi) is 6.28. The first-order valence-corrected chi connectivity index (χ1v) is 14.4. The fourth-order valence-electron chi connectivity index (χ4n) is 8.10. The lowest BCUT2D eigenvalue weighted by molar-refractivity contribution is -0.0246. The fourth-order valence-corrected chi connectivity index (χ4v) is 8.10. The second kappa shape index (κ2) is 8.81. The van der Waals surface area contributed by atoms with Gasteiger partial charge in [0.25, 0.3) is 0 Å². The van der Waals surface area contributed by atoms with Gasteiger partial charge in [-0.2, -0.15) is 0 Å². The highest BCUT2D eigenvalue weighted by Crippen LogP contribution is 2.66. The van der Waals surface area contributed by atoms with E-state index >= 15 is 0 Å². The Balaban J connectivity index is 1.56. The summed E-state index contributed by atoms with van der Waals surface area (Å²) in [5, 5.41) is 11.8. The van der Waals surface area contributed by atoms with Gasteiger partial charge in [-0.15, -0.1) is 0 Å². The molecule has 2 saturated carbocycles. The normalized spacial score (nSPS) is 33.4. The van der Waals surface area contributed by atoms with Crippen LogP contribution in [0.25, 0.3) is 0 Å². The molecule has 0 spiro atoms. The zero-order valence-electron chi connectivity index (χ0n) is 23.5. The first-order chi connectivity index (χ1) is 16.9. The molecular formula is C32H46O4. The van der Waals surface area contributed by atoms with E-state index < -0.39 is 0 Å². The summed E-state index contributed by atoms with van der Waals surface area (Å²) in [5.74, 6) is 1.38. The van der Waals surface area contributed by atoms with Crippen molar-refractivity contribution in [2.24, 2.45) is 22.7 Å². The van der Waals surface area contributed by atoms with Crippen LogP contribution in [0.1, 0.15) is 127 Å². The second-order valence-electron chi connectivity index (χ2n) is 13.5. The Bertz CT molecular complexity index is 1080. The lowest BCUT2D eigenvalue weighted by Gasteiger charge is -2.46. The molecule has 4 nitrogen and oxygen atoms in total. The maximum Gasteiger partial charge on any atom is 0.342 e. The highest BCUT2D eigenvalue weighted by Gasteiger charge is 2.63. The van der Waals surface area contributed by atoms with Crippen LogP contribution in [0.5, 0.6) is 11.5 Å². The van der Waals surface area contributed by atoms with Crippen LogP contribution in [-0.2, 0) is 11.2 Å². The molecule has 5 unspecified atom stereocenters. The van der Waals surface area contributed by atoms with Crippen molar-refractivity contribution >= 4 is 5.97 Å². The Hall–Kier alpha value is -1.97. The lowest BCUT2D eigenvalue weighted by atomic mass is 9.67. The molecule has 3 aliphatic carbocycles. The van der Waals surface area contributed by atoms with Gasteiger partial charge in [-0.1, -0.05) is 52.2 Å². The van der Waals surface area contributed by atoms with Crippen molar-refractivity contribution in [3.05, 3.63) is 34.4 Å². The second-order valence-corrected chi connectivity index (χ2v) is 13.5. The number of phenolic OH excluding ortho intramolecular Hbond substituents is 1. The van der Waals surface area contributed by atoms with E-state index in [4.69, 9.17) is 9.47 Å². The van der Waals surface area contributed by atoms with Gasteiger partial charge in [-0.3, -0.25) is 0 Å². The summed E-state index contributed by atoms with van der Waals surface area (Å²) < 4.78 is 12.9. The van der Waals surface area contributed by atoms with Crippen LogP contribution >= 0.6 is 0 Å². The maximum absolute atomic E-state index is 13.9. The largest absolute Gasteiger partial charge is 0.507 e. The Labute approximate surface area is 217 Å². The van der Waals surface area contributed by atoms with Crippen molar-refractivity contribution in [1.82, 2.24) is 0 Å². The molecule has 4 aliphatic rings. The van der Waals surface area contributed by atoms with Gasteiger partial charge >= 0.3 is 5.97 Å². The van der Waals surface area contributed by atoms with Gasteiger partial charge in [0.15, 0.2) is 0 Å². The number of fused-ring (bicyclic) bond motifs is 5. The molecule has 36 heavy (non-hydrogen) atoms. The van der Waals surface area contributed by atoms with E-state index in [0.29, 0.717) is 11.5 Å². The summed E-state index contributed by atoms with van der Waals surface area (Å²) in [6.45, 7) is 15.6. The number of ether oxygens (including phenoxy) is 2. The zero-order valence-corrected chi connectivity index (χ0v) is 23.5. The fraction of sp³-hybridized carbons (Fsp3) is 0.719. The third-order valence-corrected chi connectivity index (χ3v) is 10.9. The first kappa shape index (κ1) is 25.7. The van der Waals surface area contributed by atoms with E-state index in [1.807, 2.05) is 6.07 Å². The minimum absolute atomic E-state index is 0.0129. The topological polar surface area (TPSA) is 55.8 Å². The molecule has 1 N–H and O–H groups in total. The van der Waals surface area contributed by atoms with Gasteiger partial charge in [-0.05, 0) is 88.7 Å². The molecule has 1 aromatic carbocycles. The minimum Gasteiger partial charge on any atom is -0.507 e. The van der Waals surface area contributed by atoms with Crippen molar-refractivity contribution < 1.29 is 19.4 Å². The van der Waals surface area contributed by atoms with Crippen LogP contribution in [0.3, 0.4) is 0 Å². The number of benzene rings is 1. The summed E-state index contributed by atoms with van der Waals surface area (Å²) in [6, 6.07) is 2.05. The average Bonchev–Trinajstić information content (AvgIpc) is 3.12. The first-order valence-electron chi connectivity index (χ1n) is 14.4. The number of carbonyl (C=O) groups is 1. The van der Waals surface area contributed by atoms with Gasteiger partial charge < -0.3 is 14.6 Å². The Morgan fingerprint density at radius 2 is 1.92 bits per heavy atom. The molecule has 198 valence electrons. The monoisotopic (exact) mass is 494 g/mol.